The van der Waals surface area contributed by atoms with Crippen molar-refractivity contribution >= 4 is 0 Å². The SMILES string of the molecule is CCOc1ccc(OCC)c2c1C(F)(F)C(F)(F)C(F)(F)C2(F)F. The van der Waals surface area contributed by atoms with Crippen molar-refractivity contribution in [3.63, 3.8) is 0 Å². The Hall–Kier alpha value is -1.74. The first-order chi connectivity index (χ1) is 10.9. The van der Waals surface area contributed by atoms with E-state index in [9.17, 15) is 35.1 Å². The number of benzene rings is 1. The maximum atomic E-state index is 14.1. The third-order valence-corrected chi connectivity index (χ3v) is 3.54. The van der Waals surface area contributed by atoms with Gasteiger partial charge in [0.25, 0.3) is 0 Å². The molecule has 2 rings (SSSR count). The van der Waals surface area contributed by atoms with Gasteiger partial charge in [0.2, 0.25) is 0 Å². The van der Waals surface area contributed by atoms with E-state index < -0.39 is 46.3 Å². The van der Waals surface area contributed by atoms with Crippen LogP contribution in [0.25, 0.3) is 0 Å². The van der Waals surface area contributed by atoms with E-state index in [1.165, 1.54) is 13.8 Å². The second-order valence-electron chi connectivity index (χ2n) is 4.98. The summed E-state index contributed by atoms with van der Waals surface area (Å²) in [5.41, 5.74) is -3.98. The van der Waals surface area contributed by atoms with E-state index in [4.69, 9.17) is 0 Å². The molecule has 1 aliphatic rings. The van der Waals surface area contributed by atoms with Gasteiger partial charge in [-0.3, -0.25) is 0 Å². The highest BCUT2D eigenvalue weighted by Gasteiger charge is 2.86. The van der Waals surface area contributed by atoms with Crippen LogP contribution in [-0.2, 0) is 11.8 Å². The summed E-state index contributed by atoms with van der Waals surface area (Å²) in [6.45, 7) is 1.91. The molecule has 10 heteroatoms. The largest absolute Gasteiger partial charge is 0.493 e. The molecule has 0 aliphatic heterocycles. The Labute approximate surface area is 131 Å². The fourth-order valence-corrected chi connectivity index (χ4v) is 2.45. The Kier molecular flexibility index (Phi) is 4.17. The Morgan fingerprint density at radius 2 is 0.958 bits per heavy atom. The van der Waals surface area contributed by atoms with Gasteiger partial charge in [-0.1, -0.05) is 0 Å². The quantitative estimate of drug-likeness (QED) is 0.704. The predicted molar refractivity (Wildman–Crippen MR) is 66.5 cm³/mol. The topological polar surface area (TPSA) is 18.5 Å². The van der Waals surface area contributed by atoms with Gasteiger partial charge in [-0.25, -0.2) is 0 Å². The molecule has 136 valence electrons. The molecule has 0 fully saturated rings. The average Bonchev–Trinajstić information content (AvgIpc) is 2.46. The summed E-state index contributed by atoms with van der Waals surface area (Å²) < 4.78 is 120. The molecule has 0 atom stereocenters. The van der Waals surface area contributed by atoms with Crippen LogP contribution < -0.4 is 9.47 Å². The fourth-order valence-electron chi connectivity index (χ4n) is 2.45. The number of rotatable bonds is 4. The zero-order chi connectivity index (χ0) is 18.6. The number of halogens is 8. The summed E-state index contributed by atoms with van der Waals surface area (Å²) in [6, 6.07) is 1.41. The van der Waals surface area contributed by atoms with E-state index in [0.29, 0.717) is 12.1 Å². The van der Waals surface area contributed by atoms with Gasteiger partial charge in [0, 0.05) is 0 Å². The molecule has 0 N–H and O–H groups in total. The predicted octanol–water partition coefficient (Wildman–Crippen LogP) is 4.95. The van der Waals surface area contributed by atoms with Crippen molar-refractivity contribution in [3.05, 3.63) is 23.3 Å². The summed E-state index contributed by atoms with van der Waals surface area (Å²) in [6.07, 6.45) is 0. The van der Waals surface area contributed by atoms with Gasteiger partial charge in [-0.05, 0) is 26.0 Å². The van der Waals surface area contributed by atoms with Gasteiger partial charge in [0.15, 0.2) is 0 Å². The Bertz CT molecular complexity index is 587. The molecule has 0 amide bonds. The molecule has 0 bridgehead atoms. The highest BCUT2D eigenvalue weighted by molar-refractivity contribution is 5.57. The van der Waals surface area contributed by atoms with Crippen LogP contribution in [0.4, 0.5) is 35.1 Å². The molecule has 1 aromatic carbocycles. The monoisotopic (exact) mass is 364 g/mol. The molecule has 0 heterocycles. The summed E-state index contributed by atoms with van der Waals surface area (Å²) in [5, 5.41) is 0. The maximum Gasteiger partial charge on any atom is 0.383 e. The molecule has 0 saturated carbocycles. The minimum absolute atomic E-state index is 0.329. The highest BCUT2D eigenvalue weighted by Crippen LogP contribution is 2.67. The van der Waals surface area contributed by atoms with Crippen LogP contribution in [0.15, 0.2) is 12.1 Å². The minimum atomic E-state index is -6.33. The lowest BCUT2D eigenvalue weighted by Crippen LogP contribution is -2.64. The van der Waals surface area contributed by atoms with Crippen molar-refractivity contribution in [1.29, 1.82) is 0 Å². The second kappa shape index (κ2) is 5.38. The lowest BCUT2D eigenvalue weighted by molar-refractivity contribution is -0.387. The van der Waals surface area contributed by atoms with Crippen LogP contribution in [0.1, 0.15) is 25.0 Å². The highest BCUT2D eigenvalue weighted by atomic mass is 19.4. The van der Waals surface area contributed by atoms with Crippen molar-refractivity contribution in [2.24, 2.45) is 0 Å². The molecule has 0 unspecified atom stereocenters. The summed E-state index contributed by atoms with van der Waals surface area (Å²) in [7, 11) is 0. The molecule has 1 aliphatic carbocycles. The van der Waals surface area contributed by atoms with E-state index in [1.807, 2.05) is 0 Å². The van der Waals surface area contributed by atoms with E-state index in [0.717, 1.165) is 0 Å². The first kappa shape index (κ1) is 18.6. The van der Waals surface area contributed by atoms with E-state index in [2.05, 4.69) is 9.47 Å². The minimum Gasteiger partial charge on any atom is -0.493 e. The Balaban J connectivity index is 2.95. The van der Waals surface area contributed by atoms with Crippen molar-refractivity contribution in [3.8, 4) is 11.5 Å². The molecule has 0 aromatic heterocycles. The number of hydrogen-bond donors (Lipinski definition) is 0. The molecule has 0 saturated heterocycles. The summed E-state index contributed by atoms with van der Waals surface area (Å²) in [5.74, 6) is -25.9. The van der Waals surface area contributed by atoms with Gasteiger partial charge in [-0.2, -0.15) is 35.1 Å². The third kappa shape index (κ3) is 2.07. The van der Waals surface area contributed by atoms with Crippen LogP contribution in [0.5, 0.6) is 11.5 Å². The van der Waals surface area contributed by atoms with E-state index >= 15 is 0 Å². The number of ether oxygens (including phenoxy) is 2. The van der Waals surface area contributed by atoms with E-state index in [1.54, 1.807) is 0 Å². The maximum absolute atomic E-state index is 14.1. The summed E-state index contributed by atoms with van der Waals surface area (Å²) >= 11 is 0. The third-order valence-electron chi connectivity index (χ3n) is 3.54. The van der Waals surface area contributed by atoms with Gasteiger partial charge >= 0.3 is 23.7 Å². The molecule has 24 heavy (non-hydrogen) atoms. The lowest BCUT2D eigenvalue weighted by atomic mass is 9.79. The Morgan fingerprint density at radius 1 is 0.667 bits per heavy atom. The van der Waals surface area contributed by atoms with Crippen molar-refractivity contribution in [2.45, 2.75) is 37.5 Å². The number of fused-ring (bicyclic) bond motifs is 1. The van der Waals surface area contributed by atoms with Crippen molar-refractivity contribution in [2.75, 3.05) is 13.2 Å². The van der Waals surface area contributed by atoms with Crippen LogP contribution in [-0.4, -0.2) is 25.1 Å². The second-order valence-corrected chi connectivity index (χ2v) is 4.98. The molecular formula is C14H12F8O2. The fraction of sp³-hybridized carbons (Fsp3) is 0.571. The normalized spacial score (nSPS) is 22.6. The van der Waals surface area contributed by atoms with Gasteiger partial charge in [-0.15, -0.1) is 0 Å². The standard InChI is InChI=1S/C14H12F8O2/c1-3-23-7-5-6-8(24-4-2)10-9(7)11(15,16)13(19,20)14(21,22)12(10,17)18/h5-6H,3-4H2,1-2H3. The number of alkyl halides is 8. The first-order valence-electron chi connectivity index (χ1n) is 6.82. The van der Waals surface area contributed by atoms with Gasteiger partial charge in [0.1, 0.15) is 11.5 Å². The van der Waals surface area contributed by atoms with Gasteiger partial charge in [0.05, 0.1) is 24.3 Å². The van der Waals surface area contributed by atoms with Crippen molar-refractivity contribution < 1.29 is 44.6 Å². The van der Waals surface area contributed by atoms with Crippen LogP contribution in [0.3, 0.4) is 0 Å². The smallest absolute Gasteiger partial charge is 0.383 e. The van der Waals surface area contributed by atoms with Gasteiger partial charge < -0.3 is 9.47 Å². The summed E-state index contributed by atoms with van der Waals surface area (Å²) in [4.78, 5) is 0. The molecule has 0 radical (unpaired) electrons. The molecule has 2 nitrogen and oxygen atoms in total. The molecular weight excluding hydrogens is 352 g/mol. The number of hydrogen-bond acceptors (Lipinski definition) is 2. The van der Waals surface area contributed by atoms with Crippen LogP contribution >= 0.6 is 0 Å². The molecule has 0 spiro atoms. The van der Waals surface area contributed by atoms with Crippen molar-refractivity contribution in [1.82, 2.24) is 0 Å². The molecule has 1 aromatic rings. The zero-order valence-electron chi connectivity index (χ0n) is 12.4. The van der Waals surface area contributed by atoms with Crippen LogP contribution in [0.2, 0.25) is 0 Å². The Morgan fingerprint density at radius 3 is 1.21 bits per heavy atom. The van der Waals surface area contributed by atoms with E-state index in [-0.39, 0.29) is 13.2 Å². The van der Waals surface area contributed by atoms with Crippen LogP contribution in [0, 0.1) is 0 Å². The zero-order valence-corrected chi connectivity index (χ0v) is 12.4. The first-order valence-corrected chi connectivity index (χ1v) is 6.82. The average molecular weight is 364 g/mol. The lowest BCUT2D eigenvalue weighted by Gasteiger charge is -2.43.